The van der Waals surface area contributed by atoms with Gasteiger partial charge in [-0.3, -0.25) is 0 Å². The molecule has 3 aromatic carbocycles. The van der Waals surface area contributed by atoms with Gasteiger partial charge >= 0.3 is 5.97 Å². The lowest BCUT2D eigenvalue weighted by Gasteiger charge is -2.18. The predicted molar refractivity (Wildman–Crippen MR) is 91.9 cm³/mol. The average Bonchev–Trinajstić information content (AvgIpc) is 2.68. The maximum absolute atomic E-state index is 11.8. The summed E-state index contributed by atoms with van der Waals surface area (Å²) in [5.74, 6) is -1.79. The van der Waals surface area contributed by atoms with E-state index in [2.05, 4.69) is 9.78 Å². The van der Waals surface area contributed by atoms with Crippen LogP contribution in [0.4, 0.5) is 0 Å². The predicted octanol–water partition coefficient (Wildman–Crippen LogP) is 4.55. The van der Waals surface area contributed by atoms with Gasteiger partial charge in [-0.1, -0.05) is 48.5 Å². The lowest BCUT2D eigenvalue weighted by Crippen LogP contribution is -2.05. The van der Waals surface area contributed by atoms with Gasteiger partial charge in [-0.25, -0.2) is 15.3 Å². The molecule has 3 rings (SSSR count). The van der Waals surface area contributed by atoms with Crippen LogP contribution in [0.5, 0.6) is 23.0 Å². The molecule has 7 nitrogen and oxygen atoms in total. The monoisotopic (exact) mass is 354 g/mol. The van der Waals surface area contributed by atoms with E-state index in [-0.39, 0.29) is 22.6 Å². The van der Waals surface area contributed by atoms with Crippen LogP contribution in [0, 0.1) is 0 Å². The minimum absolute atomic E-state index is 0.117. The van der Waals surface area contributed by atoms with Crippen molar-refractivity contribution >= 4 is 5.97 Å². The lowest BCUT2D eigenvalue weighted by molar-refractivity contribution is -0.164. The van der Waals surface area contributed by atoms with E-state index in [1.807, 2.05) is 0 Å². The van der Waals surface area contributed by atoms with Gasteiger partial charge in [-0.2, -0.15) is 0 Å². The number of hydrogen-bond donors (Lipinski definition) is 3. The van der Waals surface area contributed by atoms with Crippen LogP contribution in [-0.2, 0) is 0 Å². The quantitative estimate of drug-likeness (QED) is 0.440. The molecule has 0 bridgehead atoms. The second-order valence-corrected chi connectivity index (χ2v) is 5.22. The van der Waals surface area contributed by atoms with E-state index in [1.54, 1.807) is 60.7 Å². The van der Waals surface area contributed by atoms with Crippen molar-refractivity contribution in [3.05, 3.63) is 72.3 Å². The number of carbonyl (C=O) groups is 1. The van der Waals surface area contributed by atoms with Gasteiger partial charge < -0.3 is 19.6 Å². The maximum atomic E-state index is 11.8. The Morgan fingerprint density at radius 3 is 1.96 bits per heavy atom. The summed E-state index contributed by atoms with van der Waals surface area (Å²) in [5, 5.41) is 28.0. The number of benzene rings is 3. The molecule has 0 saturated carbocycles. The van der Waals surface area contributed by atoms with Crippen LogP contribution in [0.25, 0.3) is 11.1 Å². The van der Waals surface area contributed by atoms with Gasteiger partial charge in [-0.15, -0.1) is 0 Å². The molecular formula is C19H14O7. The van der Waals surface area contributed by atoms with Crippen molar-refractivity contribution in [2.24, 2.45) is 0 Å². The first-order chi connectivity index (χ1) is 12.7. The second kappa shape index (κ2) is 7.56. The van der Waals surface area contributed by atoms with Crippen molar-refractivity contribution in [1.29, 1.82) is 0 Å². The fourth-order valence-electron chi connectivity index (χ4n) is 2.53. The summed E-state index contributed by atoms with van der Waals surface area (Å²) >= 11 is 0. The molecule has 132 valence electrons. The third-order valence-corrected chi connectivity index (χ3v) is 3.65. The fourth-order valence-corrected chi connectivity index (χ4v) is 2.53. The van der Waals surface area contributed by atoms with E-state index in [0.29, 0.717) is 11.3 Å². The average molecular weight is 354 g/mol. The van der Waals surface area contributed by atoms with Crippen molar-refractivity contribution in [2.75, 3.05) is 0 Å². The van der Waals surface area contributed by atoms with E-state index >= 15 is 0 Å². The zero-order valence-electron chi connectivity index (χ0n) is 13.3. The molecule has 0 heterocycles. The normalized spacial score (nSPS) is 10.2. The first kappa shape index (κ1) is 17.3. The molecule has 7 heteroatoms. The van der Waals surface area contributed by atoms with Crippen molar-refractivity contribution in [3.63, 3.8) is 0 Å². The molecule has 0 aliphatic heterocycles. The van der Waals surface area contributed by atoms with Crippen LogP contribution in [0.15, 0.2) is 66.7 Å². The summed E-state index contributed by atoms with van der Waals surface area (Å²) in [6, 6.07) is 18.1. The molecule has 0 amide bonds. The van der Waals surface area contributed by atoms with E-state index in [4.69, 9.17) is 9.99 Å². The highest BCUT2D eigenvalue weighted by atomic mass is 17.1. The fraction of sp³-hybridized carbons (Fsp3) is 0. The highest BCUT2D eigenvalue weighted by Crippen LogP contribution is 2.48. The number of aromatic carboxylic acids is 1. The second-order valence-electron chi connectivity index (χ2n) is 5.22. The SMILES string of the molecule is O=C(O)c1cc(OO)c(OO)c(Oc2ccccc2)c1-c1ccccc1. The Balaban J connectivity index is 2.32. The Labute approximate surface area is 148 Å². The number of carboxylic acid groups (broad SMARTS) is 1. The summed E-state index contributed by atoms with van der Waals surface area (Å²) < 4.78 is 5.78. The van der Waals surface area contributed by atoms with Gasteiger partial charge in [0, 0.05) is 11.6 Å². The number of ether oxygens (including phenoxy) is 1. The first-order valence-electron chi connectivity index (χ1n) is 7.51. The Morgan fingerprint density at radius 1 is 0.808 bits per heavy atom. The van der Waals surface area contributed by atoms with Crippen LogP contribution >= 0.6 is 0 Å². The van der Waals surface area contributed by atoms with E-state index in [1.165, 1.54) is 0 Å². The van der Waals surface area contributed by atoms with Gasteiger partial charge in [0.15, 0.2) is 5.75 Å². The molecule has 3 N–H and O–H groups in total. The lowest BCUT2D eigenvalue weighted by atomic mass is 9.97. The zero-order chi connectivity index (χ0) is 18.5. The minimum atomic E-state index is -1.27. The van der Waals surface area contributed by atoms with E-state index in [9.17, 15) is 15.2 Å². The number of para-hydroxylation sites is 1. The largest absolute Gasteiger partial charge is 0.478 e. The van der Waals surface area contributed by atoms with E-state index in [0.717, 1.165) is 6.07 Å². The smallest absolute Gasteiger partial charge is 0.336 e. The molecular weight excluding hydrogens is 340 g/mol. The molecule has 0 unspecified atom stereocenters. The van der Waals surface area contributed by atoms with Crippen LogP contribution in [0.2, 0.25) is 0 Å². The summed E-state index contributed by atoms with van der Waals surface area (Å²) in [7, 11) is 0. The molecule has 26 heavy (non-hydrogen) atoms. The molecule has 0 spiro atoms. The van der Waals surface area contributed by atoms with Gasteiger partial charge in [0.25, 0.3) is 5.75 Å². The molecule has 0 aromatic heterocycles. The number of rotatable bonds is 6. The highest BCUT2D eigenvalue weighted by molar-refractivity contribution is 6.00. The molecule has 0 aliphatic carbocycles. The molecule has 0 radical (unpaired) electrons. The summed E-state index contributed by atoms with van der Waals surface area (Å²) in [6.07, 6.45) is 0. The van der Waals surface area contributed by atoms with Crippen LogP contribution in [0.1, 0.15) is 10.4 Å². The minimum Gasteiger partial charge on any atom is -0.478 e. The molecule has 3 aromatic rings. The van der Waals surface area contributed by atoms with Crippen molar-refractivity contribution in [3.8, 4) is 34.1 Å². The summed E-state index contributed by atoms with van der Waals surface area (Å²) in [4.78, 5) is 20.3. The summed E-state index contributed by atoms with van der Waals surface area (Å²) in [5.41, 5.74) is 0.470. The third kappa shape index (κ3) is 3.30. The topological polar surface area (TPSA) is 105 Å². The number of carboxylic acids is 1. The standard InChI is InChI=1S/C19H14O7/c20-19(21)14-11-15(25-22)17(26-23)18(24-13-9-5-2-6-10-13)16(14)12-7-3-1-4-8-12/h1-11,22-23H,(H,20,21). The Kier molecular flexibility index (Phi) is 5.02. The summed E-state index contributed by atoms with van der Waals surface area (Å²) in [6.45, 7) is 0. The van der Waals surface area contributed by atoms with Crippen molar-refractivity contribution in [2.45, 2.75) is 0 Å². The Hall–Kier alpha value is -3.55. The van der Waals surface area contributed by atoms with Gasteiger partial charge in [0.2, 0.25) is 5.75 Å². The van der Waals surface area contributed by atoms with Crippen molar-refractivity contribution < 1.29 is 34.9 Å². The van der Waals surface area contributed by atoms with E-state index < -0.39 is 11.7 Å². The number of hydrogen-bond acceptors (Lipinski definition) is 6. The van der Waals surface area contributed by atoms with Crippen LogP contribution in [-0.4, -0.2) is 21.6 Å². The zero-order valence-corrected chi connectivity index (χ0v) is 13.3. The molecule has 0 aliphatic rings. The van der Waals surface area contributed by atoms with Crippen LogP contribution < -0.4 is 14.5 Å². The third-order valence-electron chi connectivity index (χ3n) is 3.65. The first-order valence-corrected chi connectivity index (χ1v) is 7.51. The molecule has 0 fully saturated rings. The maximum Gasteiger partial charge on any atom is 0.336 e. The van der Waals surface area contributed by atoms with Gasteiger partial charge in [0.1, 0.15) is 5.75 Å². The van der Waals surface area contributed by atoms with Crippen molar-refractivity contribution in [1.82, 2.24) is 0 Å². The Bertz CT molecular complexity index is 908. The Morgan fingerprint density at radius 2 is 1.42 bits per heavy atom. The molecule has 0 saturated heterocycles. The van der Waals surface area contributed by atoms with Gasteiger partial charge in [-0.05, 0) is 17.7 Å². The highest BCUT2D eigenvalue weighted by Gasteiger charge is 2.27. The van der Waals surface area contributed by atoms with Gasteiger partial charge in [0.05, 0.1) is 5.56 Å². The van der Waals surface area contributed by atoms with Crippen LogP contribution in [0.3, 0.4) is 0 Å². The molecule has 0 atom stereocenters.